The molecule has 8 nitrogen and oxygen atoms in total. The number of amides is 1. The largest absolute Gasteiger partial charge is 0.497 e. The molecule has 32 heavy (non-hydrogen) atoms. The van der Waals surface area contributed by atoms with Crippen LogP contribution in [0.1, 0.15) is 50.4 Å². The van der Waals surface area contributed by atoms with Gasteiger partial charge in [0.1, 0.15) is 11.3 Å². The molecule has 0 unspecified atom stereocenters. The van der Waals surface area contributed by atoms with Gasteiger partial charge in [0.2, 0.25) is 11.7 Å². The lowest BCUT2D eigenvalue weighted by Gasteiger charge is -2.28. The Kier molecular flexibility index (Phi) is 5.39. The molecule has 0 atom stereocenters. The Bertz CT molecular complexity index is 1210. The van der Waals surface area contributed by atoms with Gasteiger partial charge in [0, 0.05) is 29.6 Å². The summed E-state index contributed by atoms with van der Waals surface area (Å²) in [5.74, 6) is 8.29. The number of nitrogens with two attached hydrogens (primary N) is 1. The van der Waals surface area contributed by atoms with E-state index in [4.69, 9.17) is 10.5 Å². The molecule has 2 heterocycles. The van der Waals surface area contributed by atoms with Crippen LogP contribution in [0, 0.1) is 23.7 Å². The number of benzene rings is 1. The fraction of sp³-hybridized carbons (Fsp3) is 0.417. The van der Waals surface area contributed by atoms with Crippen molar-refractivity contribution in [3.8, 4) is 17.6 Å². The van der Waals surface area contributed by atoms with Crippen molar-refractivity contribution in [1.82, 2.24) is 19.5 Å². The van der Waals surface area contributed by atoms with Gasteiger partial charge in [-0.2, -0.15) is 0 Å². The van der Waals surface area contributed by atoms with Crippen LogP contribution in [0.25, 0.3) is 11.2 Å². The summed E-state index contributed by atoms with van der Waals surface area (Å²) >= 11 is 0. The number of rotatable bonds is 4. The van der Waals surface area contributed by atoms with E-state index in [0.29, 0.717) is 23.1 Å². The maximum absolute atomic E-state index is 12.8. The fourth-order valence-electron chi connectivity index (χ4n) is 4.22. The number of nitrogens with one attached hydrogen (secondary N) is 1. The van der Waals surface area contributed by atoms with Gasteiger partial charge in [0.05, 0.1) is 13.4 Å². The zero-order chi connectivity index (χ0) is 22.1. The molecule has 1 amide bonds. The minimum atomic E-state index is -0.0214. The number of methoxy groups -OCH3 is 1. The van der Waals surface area contributed by atoms with E-state index in [1.807, 2.05) is 24.3 Å². The summed E-state index contributed by atoms with van der Waals surface area (Å²) in [4.78, 5) is 26.2. The predicted molar refractivity (Wildman–Crippen MR) is 122 cm³/mol. The number of nitrogens with zero attached hydrogens (tertiary/aromatic N) is 4. The van der Waals surface area contributed by atoms with E-state index in [0.717, 1.165) is 55.6 Å². The summed E-state index contributed by atoms with van der Waals surface area (Å²) in [6.45, 7) is 0. The van der Waals surface area contributed by atoms with E-state index in [-0.39, 0.29) is 17.9 Å². The van der Waals surface area contributed by atoms with Crippen molar-refractivity contribution in [2.45, 2.75) is 44.6 Å². The van der Waals surface area contributed by atoms with Gasteiger partial charge in [-0.25, -0.2) is 15.0 Å². The van der Waals surface area contributed by atoms with E-state index in [2.05, 4.69) is 36.7 Å². The van der Waals surface area contributed by atoms with Crippen LogP contribution in [-0.2, 0) is 4.79 Å². The van der Waals surface area contributed by atoms with Crippen molar-refractivity contribution in [3.63, 3.8) is 0 Å². The second-order valence-corrected chi connectivity index (χ2v) is 8.53. The van der Waals surface area contributed by atoms with Gasteiger partial charge >= 0.3 is 0 Å². The highest BCUT2D eigenvalue weighted by Crippen LogP contribution is 2.35. The Morgan fingerprint density at radius 2 is 2.00 bits per heavy atom. The molecule has 0 spiro atoms. The molecule has 0 aliphatic heterocycles. The van der Waals surface area contributed by atoms with Crippen LogP contribution < -0.4 is 15.8 Å². The maximum Gasteiger partial charge on any atom is 0.227 e. The topological polar surface area (TPSA) is 108 Å². The molecule has 164 valence electrons. The van der Waals surface area contributed by atoms with Gasteiger partial charge < -0.3 is 20.4 Å². The van der Waals surface area contributed by atoms with Gasteiger partial charge in [-0.1, -0.05) is 12.0 Å². The molecule has 1 aromatic carbocycles. The van der Waals surface area contributed by atoms with Gasteiger partial charge in [-0.05, 0) is 56.6 Å². The summed E-state index contributed by atoms with van der Waals surface area (Å²) in [6.07, 6.45) is 7.43. The smallest absolute Gasteiger partial charge is 0.227 e. The van der Waals surface area contributed by atoms with E-state index in [9.17, 15) is 4.79 Å². The molecule has 0 radical (unpaired) electrons. The third-order valence-corrected chi connectivity index (χ3v) is 6.21. The molecular weight excluding hydrogens is 404 g/mol. The van der Waals surface area contributed by atoms with E-state index >= 15 is 0 Å². The molecule has 0 saturated heterocycles. The summed E-state index contributed by atoms with van der Waals surface area (Å²) in [5.41, 5.74) is 8.21. The number of aromatic nitrogens is 4. The Hall–Kier alpha value is -3.60. The van der Waals surface area contributed by atoms with Crippen molar-refractivity contribution < 1.29 is 9.53 Å². The first-order valence-electron chi connectivity index (χ1n) is 11.1. The number of carbonyl (C=O) groups is 1. The van der Waals surface area contributed by atoms with E-state index in [1.54, 1.807) is 13.4 Å². The van der Waals surface area contributed by atoms with Crippen LogP contribution in [0.15, 0.2) is 30.6 Å². The monoisotopic (exact) mass is 430 g/mol. The van der Waals surface area contributed by atoms with E-state index < -0.39 is 0 Å². The highest BCUT2D eigenvalue weighted by Gasteiger charge is 2.28. The van der Waals surface area contributed by atoms with Crippen LogP contribution >= 0.6 is 0 Å². The number of fused-ring (bicyclic) bond motifs is 1. The highest BCUT2D eigenvalue weighted by atomic mass is 16.5. The summed E-state index contributed by atoms with van der Waals surface area (Å²) in [6, 6.07) is 7.65. The zero-order valence-electron chi connectivity index (χ0n) is 18.0. The first-order valence-corrected chi connectivity index (χ1v) is 11.1. The van der Waals surface area contributed by atoms with Gasteiger partial charge in [-0.15, -0.1) is 0 Å². The number of carbonyl (C=O) groups excluding carboxylic acids is 1. The van der Waals surface area contributed by atoms with E-state index in [1.165, 1.54) is 0 Å². The van der Waals surface area contributed by atoms with Crippen LogP contribution in [0.5, 0.6) is 5.75 Å². The number of hydrogen-bond donors (Lipinski definition) is 2. The lowest BCUT2D eigenvalue weighted by molar-refractivity contribution is -0.120. The molecular formula is C24H26N6O2. The first kappa shape index (κ1) is 20.3. The van der Waals surface area contributed by atoms with Crippen molar-refractivity contribution in [2.75, 3.05) is 18.2 Å². The molecule has 2 aliphatic carbocycles. The molecule has 2 saturated carbocycles. The molecule has 2 aromatic heterocycles. The number of nitrogen functional groups attached to an aromatic ring is 1. The minimum absolute atomic E-state index is 0.0214. The number of anilines is 2. The van der Waals surface area contributed by atoms with Crippen LogP contribution in [-0.4, -0.2) is 32.5 Å². The van der Waals surface area contributed by atoms with Crippen molar-refractivity contribution >= 4 is 28.6 Å². The summed E-state index contributed by atoms with van der Waals surface area (Å²) in [7, 11) is 1.61. The Labute approximate surface area is 186 Å². The van der Waals surface area contributed by atoms with Crippen molar-refractivity contribution in [3.05, 3.63) is 36.4 Å². The summed E-state index contributed by atoms with van der Waals surface area (Å²) < 4.78 is 7.31. The van der Waals surface area contributed by atoms with Gasteiger partial charge in [-0.3, -0.25) is 4.79 Å². The quantitative estimate of drug-likeness (QED) is 0.613. The SMILES string of the molecule is COc1cccc(NC(=O)C2CCC(n3cnc4c(N)nc(C#CC5CC5)nc43)CC2)c1. The van der Waals surface area contributed by atoms with Crippen LogP contribution in [0.4, 0.5) is 11.5 Å². The molecule has 8 heteroatoms. The average molecular weight is 431 g/mol. The second-order valence-electron chi connectivity index (χ2n) is 8.53. The van der Waals surface area contributed by atoms with Crippen molar-refractivity contribution in [2.24, 2.45) is 11.8 Å². The number of hydrogen-bond acceptors (Lipinski definition) is 6. The molecule has 3 aromatic rings. The number of ether oxygens (including phenoxy) is 1. The second kappa shape index (κ2) is 8.50. The molecule has 2 fully saturated rings. The zero-order valence-corrected chi connectivity index (χ0v) is 18.0. The molecule has 0 bridgehead atoms. The van der Waals surface area contributed by atoms with Crippen LogP contribution in [0.3, 0.4) is 0 Å². The Balaban J connectivity index is 1.27. The van der Waals surface area contributed by atoms with Gasteiger partial charge in [0.25, 0.3) is 0 Å². The molecule has 2 aliphatic rings. The standard InChI is InChI=1S/C24H26N6O2/c1-32-19-4-2-3-17(13-19)27-24(31)16-8-10-18(11-9-16)30-14-26-21-22(25)28-20(29-23(21)30)12-7-15-5-6-15/h2-4,13-16,18H,5-6,8-11H2,1H3,(H,27,31)(H2,25,28,29). The normalized spacial score (nSPS) is 20.4. The maximum atomic E-state index is 12.8. The predicted octanol–water partition coefficient (Wildman–Crippen LogP) is 3.55. The third kappa shape index (κ3) is 4.24. The number of imidazole rings is 1. The average Bonchev–Trinajstić information content (AvgIpc) is 3.55. The first-order chi connectivity index (χ1) is 15.6. The summed E-state index contributed by atoms with van der Waals surface area (Å²) in [5, 5.41) is 3.02. The third-order valence-electron chi connectivity index (χ3n) is 6.21. The lowest BCUT2D eigenvalue weighted by atomic mass is 9.85. The minimum Gasteiger partial charge on any atom is -0.497 e. The molecule has 5 rings (SSSR count). The van der Waals surface area contributed by atoms with Crippen LogP contribution in [0.2, 0.25) is 0 Å². The molecule has 3 N–H and O–H groups in total. The lowest BCUT2D eigenvalue weighted by Crippen LogP contribution is -2.28. The van der Waals surface area contributed by atoms with Crippen molar-refractivity contribution in [1.29, 1.82) is 0 Å². The Morgan fingerprint density at radius 1 is 1.19 bits per heavy atom. The Morgan fingerprint density at radius 3 is 2.75 bits per heavy atom. The fourth-order valence-corrected chi connectivity index (χ4v) is 4.22. The van der Waals surface area contributed by atoms with Gasteiger partial charge in [0.15, 0.2) is 11.5 Å². The highest BCUT2D eigenvalue weighted by molar-refractivity contribution is 5.92.